The fourth-order valence-corrected chi connectivity index (χ4v) is 2.11. The molecule has 2 aromatic carbocycles. The number of fused-ring (bicyclic) bond motifs is 1. The van der Waals surface area contributed by atoms with Gasteiger partial charge in [0.2, 0.25) is 6.79 Å². The molecule has 1 heterocycles. The monoisotopic (exact) mass is 289 g/mol. The number of halogens is 1. The average molecular weight is 289 g/mol. The summed E-state index contributed by atoms with van der Waals surface area (Å²) in [5.74, 6) is -0.339. The molecule has 0 atom stereocenters. The predicted molar refractivity (Wildman–Crippen MR) is 73.3 cm³/mol. The molecule has 1 aliphatic heterocycles. The second kappa shape index (κ2) is 5.32. The lowest BCUT2D eigenvalue weighted by Crippen LogP contribution is -2.05. The van der Waals surface area contributed by atoms with Crippen molar-refractivity contribution in [1.82, 2.24) is 0 Å². The van der Waals surface area contributed by atoms with Gasteiger partial charge in [-0.05, 0) is 24.3 Å². The first-order valence-corrected chi connectivity index (χ1v) is 6.29. The first-order chi connectivity index (χ1) is 10.1. The van der Waals surface area contributed by atoms with Crippen molar-refractivity contribution in [3.8, 4) is 11.5 Å². The fraction of sp³-hybridized carbons (Fsp3) is 0.133. The van der Waals surface area contributed by atoms with Crippen molar-refractivity contribution in [1.29, 1.82) is 0 Å². The summed E-state index contributed by atoms with van der Waals surface area (Å²) in [5, 5.41) is 11.8. The van der Waals surface area contributed by atoms with Gasteiger partial charge in [0.15, 0.2) is 11.5 Å². The minimum Gasteiger partial charge on any atom is -0.478 e. The van der Waals surface area contributed by atoms with Crippen LogP contribution >= 0.6 is 0 Å². The van der Waals surface area contributed by atoms with Crippen LogP contribution in [-0.4, -0.2) is 17.9 Å². The molecule has 0 spiro atoms. The molecule has 2 aromatic rings. The van der Waals surface area contributed by atoms with E-state index in [-0.39, 0.29) is 18.0 Å². The van der Waals surface area contributed by atoms with E-state index in [0.29, 0.717) is 18.0 Å². The van der Waals surface area contributed by atoms with Gasteiger partial charge in [0, 0.05) is 12.1 Å². The molecule has 0 fully saturated rings. The molecule has 0 aliphatic carbocycles. The van der Waals surface area contributed by atoms with Crippen molar-refractivity contribution < 1.29 is 23.8 Å². The Labute approximate surface area is 119 Å². The quantitative estimate of drug-likeness (QED) is 0.906. The molecule has 0 saturated heterocycles. The van der Waals surface area contributed by atoms with Crippen molar-refractivity contribution in [2.24, 2.45) is 0 Å². The minimum atomic E-state index is -1.10. The third-order valence-electron chi connectivity index (χ3n) is 3.16. The normalized spacial score (nSPS) is 12.2. The van der Waals surface area contributed by atoms with Crippen LogP contribution in [0.5, 0.6) is 11.5 Å². The fourth-order valence-electron chi connectivity index (χ4n) is 2.11. The smallest absolute Gasteiger partial charge is 0.335 e. The molecule has 1 aliphatic rings. The Bertz CT molecular complexity index is 702. The van der Waals surface area contributed by atoms with Crippen molar-refractivity contribution in [3.05, 3.63) is 53.3 Å². The summed E-state index contributed by atoms with van der Waals surface area (Å²) in [6.45, 7) is 0.460. The van der Waals surface area contributed by atoms with Crippen LogP contribution in [0.15, 0.2) is 36.4 Å². The lowest BCUT2D eigenvalue weighted by atomic mass is 10.1. The molecule has 0 saturated carbocycles. The highest BCUT2D eigenvalue weighted by atomic mass is 19.1. The van der Waals surface area contributed by atoms with E-state index in [1.165, 1.54) is 12.1 Å². The maximum atomic E-state index is 13.7. The van der Waals surface area contributed by atoms with Crippen LogP contribution in [0.25, 0.3) is 0 Å². The number of rotatable bonds is 4. The molecular weight excluding hydrogens is 277 g/mol. The SMILES string of the molecule is O=C(O)c1ccc(F)c(NCc2cccc3c2OCO3)c1. The van der Waals surface area contributed by atoms with Gasteiger partial charge in [0.25, 0.3) is 0 Å². The van der Waals surface area contributed by atoms with Crippen LogP contribution in [0.4, 0.5) is 10.1 Å². The van der Waals surface area contributed by atoms with E-state index in [1.54, 1.807) is 6.07 Å². The zero-order valence-electron chi connectivity index (χ0n) is 10.9. The van der Waals surface area contributed by atoms with Gasteiger partial charge in [-0.1, -0.05) is 12.1 Å². The number of ether oxygens (including phenoxy) is 2. The molecule has 6 heteroatoms. The number of carboxylic acid groups (broad SMARTS) is 1. The lowest BCUT2D eigenvalue weighted by molar-refractivity contribution is 0.0697. The van der Waals surface area contributed by atoms with Crippen molar-refractivity contribution in [3.63, 3.8) is 0 Å². The van der Waals surface area contributed by atoms with E-state index in [9.17, 15) is 9.18 Å². The number of carbonyl (C=O) groups is 1. The van der Waals surface area contributed by atoms with Crippen LogP contribution in [0.1, 0.15) is 15.9 Å². The van der Waals surface area contributed by atoms with E-state index >= 15 is 0 Å². The number of para-hydroxylation sites is 1. The van der Waals surface area contributed by atoms with Gasteiger partial charge in [-0.3, -0.25) is 0 Å². The maximum absolute atomic E-state index is 13.7. The first kappa shape index (κ1) is 13.2. The van der Waals surface area contributed by atoms with E-state index < -0.39 is 11.8 Å². The molecule has 0 amide bonds. The van der Waals surface area contributed by atoms with Gasteiger partial charge in [0.1, 0.15) is 5.82 Å². The van der Waals surface area contributed by atoms with Crippen LogP contribution in [-0.2, 0) is 6.54 Å². The average Bonchev–Trinajstić information content (AvgIpc) is 2.95. The minimum absolute atomic E-state index is 0.0248. The highest BCUT2D eigenvalue weighted by Gasteiger charge is 2.17. The zero-order valence-corrected chi connectivity index (χ0v) is 10.9. The maximum Gasteiger partial charge on any atom is 0.335 e. The standard InChI is InChI=1S/C15H12FNO4/c16-11-5-4-9(15(18)19)6-12(11)17-7-10-2-1-3-13-14(10)21-8-20-13/h1-6,17H,7-8H2,(H,18,19). The number of aromatic carboxylic acids is 1. The van der Waals surface area contributed by atoms with Gasteiger partial charge < -0.3 is 19.9 Å². The first-order valence-electron chi connectivity index (χ1n) is 6.29. The van der Waals surface area contributed by atoms with Crippen molar-refractivity contribution in [2.75, 3.05) is 12.1 Å². The molecule has 0 unspecified atom stereocenters. The summed E-state index contributed by atoms with van der Waals surface area (Å²) in [4.78, 5) is 10.9. The number of hydrogen-bond donors (Lipinski definition) is 2. The van der Waals surface area contributed by atoms with Gasteiger partial charge in [-0.25, -0.2) is 9.18 Å². The van der Waals surface area contributed by atoms with Gasteiger partial charge >= 0.3 is 5.97 Å². The van der Waals surface area contributed by atoms with E-state index in [2.05, 4.69) is 5.32 Å². The molecule has 5 nitrogen and oxygen atoms in total. The summed E-state index contributed by atoms with van der Waals surface area (Å²) in [7, 11) is 0. The molecule has 108 valence electrons. The number of benzene rings is 2. The Balaban J connectivity index is 1.81. The summed E-state index contributed by atoms with van der Waals surface area (Å²) in [6, 6.07) is 9.05. The molecule has 3 rings (SSSR count). The third-order valence-corrected chi connectivity index (χ3v) is 3.16. The van der Waals surface area contributed by atoms with E-state index in [1.807, 2.05) is 12.1 Å². The van der Waals surface area contributed by atoms with Crippen molar-refractivity contribution >= 4 is 11.7 Å². The molecule has 2 N–H and O–H groups in total. The molecule has 0 aromatic heterocycles. The Morgan fingerprint density at radius 3 is 2.95 bits per heavy atom. The molecule has 0 bridgehead atoms. The van der Waals surface area contributed by atoms with Gasteiger partial charge in [0.05, 0.1) is 11.3 Å². The largest absolute Gasteiger partial charge is 0.478 e. The number of anilines is 1. The Morgan fingerprint density at radius 2 is 2.14 bits per heavy atom. The summed E-state index contributed by atoms with van der Waals surface area (Å²) in [5.41, 5.74) is 0.966. The Hall–Kier alpha value is -2.76. The van der Waals surface area contributed by atoms with Gasteiger partial charge in [-0.2, -0.15) is 0 Å². The lowest BCUT2D eigenvalue weighted by Gasteiger charge is -2.10. The predicted octanol–water partition coefficient (Wildman–Crippen LogP) is 2.86. The highest BCUT2D eigenvalue weighted by Crippen LogP contribution is 2.35. The number of carboxylic acids is 1. The Morgan fingerprint density at radius 1 is 1.29 bits per heavy atom. The summed E-state index contributed by atoms with van der Waals surface area (Å²) >= 11 is 0. The topological polar surface area (TPSA) is 67.8 Å². The van der Waals surface area contributed by atoms with Crippen LogP contribution in [0.3, 0.4) is 0 Å². The number of hydrogen-bond acceptors (Lipinski definition) is 4. The molecule has 21 heavy (non-hydrogen) atoms. The van der Waals surface area contributed by atoms with E-state index in [4.69, 9.17) is 14.6 Å². The third kappa shape index (κ3) is 2.60. The molecule has 0 radical (unpaired) electrons. The molecular formula is C15H12FNO4. The second-order valence-corrected chi connectivity index (χ2v) is 4.50. The van der Waals surface area contributed by atoms with Crippen LogP contribution < -0.4 is 14.8 Å². The highest BCUT2D eigenvalue weighted by molar-refractivity contribution is 5.88. The Kier molecular flexibility index (Phi) is 3.35. The summed E-state index contributed by atoms with van der Waals surface area (Å²) < 4.78 is 24.3. The van der Waals surface area contributed by atoms with Crippen LogP contribution in [0, 0.1) is 5.82 Å². The second-order valence-electron chi connectivity index (χ2n) is 4.50. The van der Waals surface area contributed by atoms with Gasteiger partial charge in [-0.15, -0.1) is 0 Å². The van der Waals surface area contributed by atoms with E-state index in [0.717, 1.165) is 11.6 Å². The van der Waals surface area contributed by atoms with Crippen molar-refractivity contribution in [2.45, 2.75) is 6.54 Å². The zero-order chi connectivity index (χ0) is 14.8. The number of nitrogens with one attached hydrogen (secondary N) is 1. The summed E-state index contributed by atoms with van der Waals surface area (Å²) in [6.07, 6.45) is 0. The van der Waals surface area contributed by atoms with Crippen LogP contribution in [0.2, 0.25) is 0 Å².